The van der Waals surface area contributed by atoms with Crippen molar-refractivity contribution in [3.8, 4) is 0 Å². The topological polar surface area (TPSA) is 62.9 Å². The third kappa shape index (κ3) is 6.20. The molecular formula is C18H30N4O. The molecule has 3 N–H and O–H groups in total. The number of nitrogens with zero attached hydrogens (tertiary/aromatic N) is 2. The van der Waals surface area contributed by atoms with Crippen molar-refractivity contribution in [2.24, 2.45) is 10.7 Å². The number of hydrogen-bond acceptors (Lipinski definition) is 3. The van der Waals surface area contributed by atoms with Gasteiger partial charge in [-0.15, -0.1) is 0 Å². The SMILES string of the molecule is COCCN(CCN=C(N)Nc1cccc(C(C)C)c1)C1CC1. The molecule has 0 heterocycles. The van der Waals surface area contributed by atoms with E-state index in [0.717, 1.165) is 31.4 Å². The molecule has 5 nitrogen and oxygen atoms in total. The number of guanidine groups is 1. The van der Waals surface area contributed by atoms with Crippen LogP contribution < -0.4 is 11.1 Å². The molecular weight excluding hydrogens is 288 g/mol. The van der Waals surface area contributed by atoms with E-state index in [-0.39, 0.29) is 0 Å². The molecule has 0 aliphatic heterocycles. The molecule has 0 saturated heterocycles. The summed E-state index contributed by atoms with van der Waals surface area (Å²) < 4.78 is 5.17. The van der Waals surface area contributed by atoms with E-state index in [0.29, 0.717) is 18.4 Å². The Kier molecular flexibility index (Phi) is 6.86. The van der Waals surface area contributed by atoms with Gasteiger partial charge in [0.1, 0.15) is 0 Å². The fourth-order valence-electron chi connectivity index (χ4n) is 2.59. The Bertz CT molecular complexity index is 511. The van der Waals surface area contributed by atoms with Crippen molar-refractivity contribution in [1.29, 1.82) is 0 Å². The Labute approximate surface area is 139 Å². The van der Waals surface area contributed by atoms with Crippen molar-refractivity contribution in [3.63, 3.8) is 0 Å². The van der Waals surface area contributed by atoms with E-state index in [4.69, 9.17) is 10.5 Å². The Hall–Kier alpha value is -1.59. The smallest absolute Gasteiger partial charge is 0.193 e. The summed E-state index contributed by atoms with van der Waals surface area (Å²) in [6.07, 6.45) is 2.59. The summed E-state index contributed by atoms with van der Waals surface area (Å²) >= 11 is 0. The number of nitrogens with two attached hydrogens (primary N) is 1. The minimum Gasteiger partial charge on any atom is -0.383 e. The maximum atomic E-state index is 6.01. The zero-order valence-corrected chi connectivity index (χ0v) is 14.6. The summed E-state index contributed by atoms with van der Waals surface area (Å²) in [7, 11) is 1.75. The number of benzene rings is 1. The number of anilines is 1. The average molecular weight is 318 g/mol. The van der Waals surface area contributed by atoms with Crippen molar-refractivity contribution in [1.82, 2.24) is 4.90 Å². The van der Waals surface area contributed by atoms with Crippen LogP contribution in [0.25, 0.3) is 0 Å². The van der Waals surface area contributed by atoms with Crippen molar-refractivity contribution in [2.75, 3.05) is 38.7 Å². The van der Waals surface area contributed by atoms with Gasteiger partial charge in [-0.1, -0.05) is 26.0 Å². The highest BCUT2D eigenvalue weighted by atomic mass is 16.5. The lowest BCUT2D eigenvalue weighted by atomic mass is 10.0. The van der Waals surface area contributed by atoms with Crippen LogP contribution in [-0.4, -0.2) is 50.3 Å². The highest BCUT2D eigenvalue weighted by molar-refractivity contribution is 5.92. The van der Waals surface area contributed by atoms with Gasteiger partial charge in [0.2, 0.25) is 0 Å². The van der Waals surface area contributed by atoms with Gasteiger partial charge in [-0.05, 0) is 36.5 Å². The molecule has 0 amide bonds. The van der Waals surface area contributed by atoms with Crippen LogP contribution in [0.1, 0.15) is 38.2 Å². The molecule has 1 fully saturated rings. The Morgan fingerprint density at radius 2 is 2.17 bits per heavy atom. The van der Waals surface area contributed by atoms with Crippen LogP contribution in [0.3, 0.4) is 0 Å². The van der Waals surface area contributed by atoms with E-state index in [9.17, 15) is 0 Å². The summed E-state index contributed by atoms with van der Waals surface area (Å²) in [6, 6.07) is 9.04. The lowest BCUT2D eigenvalue weighted by Crippen LogP contribution is -2.33. The van der Waals surface area contributed by atoms with Gasteiger partial charge >= 0.3 is 0 Å². The van der Waals surface area contributed by atoms with Gasteiger partial charge < -0.3 is 15.8 Å². The van der Waals surface area contributed by atoms with Gasteiger partial charge in [-0.25, -0.2) is 0 Å². The fraction of sp³-hybridized carbons (Fsp3) is 0.611. The monoisotopic (exact) mass is 318 g/mol. The molecule has 1 aliphatic carbocycles. The summed E-state index contributed by atoms with van der Waals surface area (Å²) in [5.41, 5.74) is 8.30. The zero-order valence-electron chi connectivity index (χ0n) is 14.6. The minimum atomic E-state index is 0.480. The van der Waals surface area contributed by atoms with Crippen LogP contribution in [-0.2, 0) is 4.74 Å². The van der Waals surface area contributed by atoms with Crippen LogP contribution in [0.2, 0.25) is 0 Å². The van der Waals surface area contributed by atoms with E-state index in [1.165, 1.54) is 18.4 Å². The summed E-state index contributed by atoms with van der Waals surface area (Å²) in [4.78, 5) is 6.90. The largest absolute Gasteiger partial charge is 0.383 e. The lowest BCUT2D eigenvalue weighted by Gasteiger charge is -2.20. The summed E-state index contributed by atoms with van der Waals surface area (Å²) in [5, 5.41) is 3.18. The van der Waals surface area contributed by atoms with E-state index in [1.54, 1.807) is 7.11 Å². The highest BCUT2D eigenvalue weighted by Gasteiger charge is 2.27. The van der Waals surface area contributed by atoms with E-state index < -0.39 is 0 Å². The molecule has 1 aliphatic rings. The van der Waals surface area contributed by atoms with Crippen molar-refractivity contribution in [2.45, 2.75) is 38.6 Å². The van der Waals surface area contributed by atoms with Crippen LogP contribution in [0.15, 0.2) is 29.3 Å². The van der Waals surface area contributed by atoms with Gasteiger partial charge in [0.15, 0.2) is 5.96 Å². The third-order valence-electron chi connectivity index (χ3n) is 4.14. The van der Waals surface area contributed by atoms with Crippen LogP contribution >= 0.6 is 0 Å². The van der Waals surface area contributed by atoms with Crippen molar-refractivity contribution >= 4 is 11.6 Å². The standard InChI is InChI=1S/C18H30N4O/c1-14(2)15-5-4-6-16(13-15)21-18(19)20-9-10-22(11-12-23-3)17-7-8-17/h4-6,13-14,17H,7-12H2,1-3H3,(H3,19,20,21). The molecule has 1 aromatic rings. The first-order chi connectivity index (χ1) is 11.1. The van der Waals surface area contributed by atoms with Crippen molar-refractivity contribution in [3.05, 3.63) is 29.8 Å². The number of rotatable bonds is 9. The molecule has 0 unspecified atom stereocenters. The number of methoxy groups -OCH3 is 1. The van der Waals surface area contributed by atoms with E-state index in [2.05, 4.69) is 41.2 Å². The van der Waals surface area contributed by atoms with Crippen LogP contribution in [0.4, 0.5) is 5.69 Å². The molecule has 1 saturated carbocycles. The Morgan fingerprint density at radius 3 is 2.83 bits per heavy atom. The molecule has 0 radical (unpaired) electrons. The predicted octanol–water partition coefficient (Wildman–Crippen LogP) is 2.65. The number of ether oxygens (including phenoxy) is 1. The first kappa shape index (κ1) is 17.8. The fourth-order valence-corrected chi connectivity index (χ4v) is 2.59. The van der Waals surface area contributed by atoms with Gasteiger partial charge in [-0.3, -0.25) is 9.89 Å². The molecule has 2 rings (SSSR count). The first-order valence-electron chi connectivity index (χ1n) is 8.50. The highest BCUT2D eigenvalue weighted by Crippen LogP contribution is 2.26. The van der Waals surface area contributed by atoms with E-state index >= 15 is 0 Å². The molecule has 0 spiro atoms. The molecule has 0 aromatic heterocycles. The molecule has 128 valence electrons. The average Bonchev–Trinajstić information content (AvgIpc) is 3.35. The van der Waals surface area contributed by atoms with Gasteiger partial charge in [0.05, 0.1) is 13.2 Å². The van der Waals surface area contributed by atoms with E-state index in [1.807, 2.05) is 12.1 Å². The molecule has 0 bridgehead atoms. The summed E-state index contributed by atoms with van der Waals surface area (Å²) in [6.45, 7) is 7.76. The quantitative estimate of drug-likeness (QED) is 0.543. The predicted molar refractivity (Wildman–Crippen MR) is 97.1 cm³/mol. The minimum absolute atomic E-state index is 0.480. The first-order valence-corrected chi connectivity index (χ1v) is 8.50. The van der Waals surface area contributed by atoms with Crippen LogP contribution in [0, 0.1) is 0 Å². The second kappa shape index (κ2) is 8.89. The maximum absolute atomic E-state index is 6.01. The number of hydrogen-bond donors (Lipinski definition) is 2. The molecule has 1 aromatic carbocycles. The van der Waals surface area contributed by atoms with Gasteiger partial charge in [0, 0.05) is 31.9 Å². The second-order valence-electron chi connectivity index (χ2n) is 6.43. The second-order valence-corrected chi connectivity index (χ2v) is 6.43. The van der Waals surface area contributed by atoms with Crippen molar-refractivity contribution < 1.29 is 4.74 Å². The third-order valence-corrected chi connectivity index (χ3v) is 4.14. The normalized spacial score (nSPS) is 15.4. The molecule has 5 heteroatoms. The summed E-state index contributed by atoms with van der Waals surface area (Å²) in [5.74, 6) is 0.983. The number of aliphatic imine (C=N–C) groups is 1. The van der Waals surface area contributed by atoms with Gasteiger partial charge in [0.25, 0.3) is 0 Å². The maximum Gasteiger partial charge on any atom is 0.193 e. The Balaban J connectivity index is 1.81. The Morgan fingerprint density at radius 1 is 1.39 bits per heavy atom. The van der Waals surface area contributed by atoms with Crippen LogP contribution in [0.5, 0.6) is 0 Å². The molecule has 0 atom stereocenters. The molecule has 23 heavy (non-hydrogen) atoms. The zero-order chi connectivity index (χ0) is 16.7. The number of nitrogens with one attached hydrogen (secondary N) is 1. The van der Waals surface area contributed by atoms with Gasteiger partial charge in [-0.2, -0.15) is 0 Å². The lowest BCUT2D eigenvalue weighted by molar-refractivity contribution is 0.145.